The smallest absolute Gasteiger partial charge is 0.259 e. The molecule has 2 aliphatic heterocycles. The number of hydrogen-bond acceptors (Lipinski definition) is 7. The SMILES string of the molecule is CN1CCC(N(C)C(=O)c2cnc(-c3ccc4c(c3)OCO4)nc2Nc2ccc(F)cc2)CC1. The minimum Gasteiger partial charge on any atom is -0.454 e. The first-order chi connectivity index (χ1) is 16.5. The molecule has 2 aliphatic rings. The van der Waals surface area contributed by atoms with E-state index in [0.717, 1.165) is 31.5 Å². The van der Waals surface area contributed by atoms with Crippen molar-refractivity contribution in [1.82, 2.24) is 19.8 Å². The number of likely N-dealkylation sites (tertiary alicyclic amines) is 1. The van der Waals surface area contributed by atoms with E-state index >= 15 is 0 Å². The Morgan fingerprint density at radius 2 is 1.85 bits per heavy atom. The van der Waals surface area contributed by atoms with Crippen molar-refractivity contribution in [3.63, 3.8) is 0 Å². The molecule has 1 amide bonds. The molecule has 0 saturated carbocycles. The van der Waals surface area contributed by atoms with Crippen LogP contribution in [-0.2, 0) is 0 Å². The number of nitrogens with zero attached hydrogens (tertiary/aromatic N) is 4. The van der Waals surface area contributed by atoms with Gasteiger partial charge in [-0.3, -0.25) is 4.79 Å². The number of fused-ring (bicyclic) bond motifs is 1. The lowest BCUT2D eigenvalue weighted by molar-refractivity contribution is 0.0660. The van der Waals surface area contributed by atoms with Crippen molar-refractivity contribution >= 4 is 17.4 Å². The average Bonchev–Trinajstić information content (AvgIpc) is 3.33. The number of hydrogen-bond donors (Lipinski definition) is 1. The Hall–Kier alpha value is -3.72. The summed E-state index contributed by atoms with van der Waals surface area (Å²) < 4.78 is 24.3. The molecular weight excluding hydrogens is 437 g/mol. The predicted octanol–water partition coefficient (Wildman–Crippen LogP) is 3.92. The summed E-state index contributed by atoms with van der Waals surface area (Å²) in [6.45, 7) is 2.07. The van der Waals surface area contributed by atoms with Crippen LogP contribution in [0, 0.1) is 5.82 Å². The van der Waals surface area contributed by atoms with Crippen LogP contribution in [0.1, 0.15) is 23.2 Å². The normalized spacial score (nSPS) is 15.9. The van der Waals surface area contributed by atoms with Crippen molar-refractivity contribution in [1.29, 1.82) is 0 Å². The molecule has 1 saturated heterocycles. The number of amides is 1. The molecule has 3 aromatic rings. The highest BCUT2D eigenvalue weighted by Crippen LogP contribution is 2.35. The second-order valence-corrected chi connectivity index (χ2v) is 8.61. The van der Waals surface area contributed by atoms with Crippen molar-refractivity contribution in [3.05, 3.63) is 60.0 Å². The highest BCUT2D eigenvalue weighted by atomic mass is 19.1. The number of aromatic nitrogens is 2. The zero-order chi connectivity index (χ0) is 23.7. The molecule has 3 heterocycles. The molecule has 8 nitrogen and oxygen atoms in total. The van der Waals surface area contributed by atoms with Crippen molar-refractivity contribution in [3.8, 4) is 22.9 Å². The summed E-state index contributed by atoms with van der Waals surface area (Å²) in [7, 11) is 3.91. The van der Waals surface area contributed by atoms with Crippen LogP contribution in [0.4, 0.5) is 15.9 Å². The Kier molecular flexibility index (Phi) is 6.02. The summed E-state index contributed by atoms with van der Waals surface area (Å²) in [6.07, 6.45) is 3.37. The van der Waals surface area contributed by atoms with Gasteiger partial charge in [-0.25, -0.2) is 14.4 Å². The molecule has 1 aromatic heterocycles. The Bertz CT molecular complexity index is 1200. The number of piperidine rings is 1. The molecule has 0 aliphatic carbocycles. The predicted molar refractivity (Wildman–Crippen MR) is 126 cm³/mol. The van der Waals surface area contributed by atoms with E-state index in [4.69, 9.17) is 9.47 Å². The zero-order valence-electron chi connectivity index (χ0n) is 19.1. The Balaban J connectivity index is 1.48. The number of anilines is 2. The van der Waals surface area contributed by atoms with Gasteiger partial charge < -0.3 is 24.6 Å². The fourth-order valence-corrected chi connectivity index (χ4v) is 4.22. The lowest BCUT2D eigenvalue weighted by Crippen LogP contribution is -2.44. The second kappa shape index (κ2) is 9.26. The molecule has 0 radical (unpaired) electrons. The van der Waals surface area contributed by atoms with Gasteiger partial charge in [-0.2, -0.15) is 0 Å². The average molecular weight is 464 g/mol. The molecule has 0 spiro atoms. The van der Waals surface area contributed by atoms with E-state index in [1.807, 2.05) is 19.2 Å². The van der Waals surface area contributed by atoms with Crippen LogP contribution in [0.2, 0.25) is 0 Å². The lowest BCUT2D eigenvalue weighted by atomic mass is 10.0. The van der Waals surface area contributed by atoms with Crippen molar-refractivity contribution < 1.29 is 18.7 Å². The highest BCUT2D eigenvalue weighted by molar-refractivity contribution is 5.99. The monoisotopic (exact) mass is 463 g/mol. The quantitative estimate of drug-likeness (QED) is 0.614. The largest absolute Gasteiger partial charge is 0.454 e. The first kappa shape index (κ1) is 22.1. The summed E-state index contributed by atoms with van der Waals surface area (Å²) in [5.41, 5.74) is 1.71. The maximum Gasteiger partial charge on any atom is 0.259 e. The lowest BCUT2D eigenvalue weighted by Gasteiger charge is -2.35. The maximum absolute atomic E-state index is 13.5. The van der Waals surface area contributed by atoms with E-state index in [0.29, 0.717) is 34.4 Å². The minimum atomic E-state index is -0.340. The third-order valence-corrected chi connectivity index (χ3v) is 6.31. The summed E-state index contributed by atoms with van der Waals surface area (Å²) in [5, 5.41) is 3.18. The molecule has 34 heavy (non-hydrogen) atoms. The van der Waals surface area contributed by atoms with Crippen LogP contribution in [0.3, 0.4) is 0 Å². The molecular formula is C25H26FN5O3. The number of halogens is 1. The molecule has 0 atom stereocenters. The van der Waals surface area contributed by atoms with E-state index in [1.165, 1.54) is 12.1 Å². The van der Waals surface area contributed by atoms with Gasteiger partial charge in [0.1, 0.15) is 17.2 Å². The van der Waals surface area contributed by atoms with Gasteiger partial charge in [-0.15, -0.1) is 0 Å². The number of nitrogens with one attached hydrogen (secondary N) is 1. The van der Waals surface area contributed by atoms with Crippen LogP contribution in [-0.4, -0.2) is 65.7 Å². The van der Waals surface area contributed by atoms with Gasteiger partial charge >= 0.3 is 0 Å². The fourth-order valence-electron chi connectivity index (χ4n) is 4.22. The van der Waals surface area contributed by atoms with Crippen LogP contribution >= 0.6 is 0 Å². The van der Waals surface area contributed by atoms with Gasteiger partial charge in [-0.1, -0.05) is 0 Å². The van der Waals surface area contributed by atoms with Crippen molar-refractivity contribution in [2.45, 2.75) is 18.9 Å². The van der Waals surface area contributed by atoms with Gasteiger partial charge in [0.25, 0.3) is 5.91 Å². The second-order valence-electron chi connectivity index (χ2n) is 8.61. The molecule has 1 N–H and O–H groups in total. The van der Waals surface area contributed by atoms with E-state index in [9.17, 15) is 9.18 Å². The molecule has 9 heteroatoms. The Labute approximate surface area is 197 Å². The van der Waals surface area contributed by atoms with Gasteiger partial charge in [0.05, 0.1) is 0 Å². The summed E-state index contributed by atoms with van der Waals surface area (Å²) in [5.74, 6) is 1.58. The number of rotatable bonds is 5. The van der Waals surface area contributed by atoms with Gasteiger partial charge in [0.15, 0.2) is 17.3 Å². The summed E-state index contributed by atoms with van der Waals surface area (Å²) in [6, 6.07) is 11.5. The summed E-state index contributed by atoms with van der Waals surface area (Å²) in [4.78, 5) is 26.7. The third kappa shape index (κ3) is 4.51. The molecule has 1 fully saturated rings. The molecule has 0 bridgehead atoms. The van der Waals surface area contributed by atoms with Crippen LogP contribution in [0.5, 0.6) is 11.5 Å². The van der Waals surface area contributed by atoms with Crippen LogP contribution in [0.15, 0.2) is 48.7 Å². The van der Waals surface area contributed by atoms with Gasteiger partial charge in [0, 0.05) is 30.5 Å². The molecule has 0 unspecified atom stereocenters. The van der Waals surface area contributed by atoms with E-state index in [2.05, 4.69) is 27.2 Å². The van der Waals surface area contributed by atoms with Crippen LogP contribution in [0.25, 0.3) is 11.4 Å². The van der Waals surface area contributed by atoms with E-state index in [-0.39, 0.29) is 24.6 Å². The number of carbonyl (C=O) groups excluding carboxylic acids is 1. The Morgan fingerprint density at radius 3 is 2.62 bits per heavy atom. The van der Waals surface area contributed by atoms with Gasteiger partial charge in [0.2, 0.25) is 6.79 Å². The molecule has 5 rings (SSSR count). The topological polar surface area (TPSA) is 79.8 Å². The van der Waals surface area contributed by atoms with Gasteiger partial charge in [-0.05, 0) is 75.4 Å². The first-order valence-electron chi connectivity index (χ1n) is 11.2. The first-order valence-corrected chi connectivity index (χ1v) is 11.2. The van der Waals surface area contributed by atoms with E-state index in [1.54, 1.807) is 29.3 Å². The minimum absolute atomic E-state index is 0.149. The number of carbonyl (C=O) groups is 1. The Morgan fingerprint density at radius 1 is 1.12 bits per heavy atom. The molecule has 2 aromatic carbocycles. The molecule has 176 valence electrons. The highest BCUT2D eigenvalue weighted by Gasteiger charge is 2.27. The summed E-state index contributed by atoms with van der Waals surface area (Å²) >= 11 is 0. The third-order valence-electron chi connectivity index (χ3n) is 6.31. The van der Waals surface area contributed by atoms with Crippen molar-refractivity contribution in [2.24, 2.45) is 0 Å². The zero-order valence-corrected chi connectivity index (χ0v) is 19.1. The number of benzene rings is 2. The fraction of sp³-hybridized carbons (Fsp3) is 0.320. The van der Waals surface area contributed by atoms with Crippen molar-refractivity contribution in [2.75, 3.05) is 39.3 Å². The van der Waals surface area contributed by atoms with Crippen LogP contribution < -0.4 is 14.8 Å². The number of ether oxygens (including phenoxy) is 2. The van der Waals surface area contributed by atoms with E-state index < -0.39 is 0 Å². The standard InChI is InChI=1S/C25H26FN5O3/c1-30-11-9-19(10-12-30)31(2)25(32)20-14-27-23(16-3-8-21-22(13-16)34-15-33-21)29-24(20)28-18-6-4-17(26)5-7-18/h3-8,13-14,19H,9-12,15H2,1-2H3,(H,27,28,29). The maximum atomic E-state index is 13.5.